The summed E-state index contributed by atoms with van der Waals surface area (Å²) in [7, 11) is 4.09. The molecule has 0 unspecified atom stereocenters. The molecule has 5 nitrogen and oxygen atoms in total. The van der Waals surface area contributed by atoms with Gasteiger partial charge in [-0.15, -0.1) is 0 Å². The second-order valence-corrected chi connectivity index (χ2v) is 9.94. The lowest BCUT2D eigenvalue weighted by atomic mass is 9.93. The van der Waals surface area contributed by atoms with Crippen LogP contribution in [0.4, 0.5) is 19.1 Å². The molecule has 3 aromatic carbocycles. The number of benzene rings is 3. The van der Waals surface area contributed by atoms with E-state index in [1.54, 1.807) is 54.7 Å². The van der Waals surface area contributed by atoms with Crippen LogP contribution in [0.1, 0.15) is 24.0 Å². The Morgan fingerprint density at radius 2 is 1.69 bits per heavy atom. The highest BCUT2D eigenvalue weighted by molar-refractivity contribution is 6.30. The molecule has 0 aliphatic rings. The molecule has 0 amide bonds. The highest BCUT2D eigenvalue weighted by atomic mass is 35.5. The molecule has 0 saturated carbocycles. The van der Waals surface area contributed by atoms with E-state index in [2.05, 4.69) is 20.2 Å². The van der Waals surface area contributed by atoms with E-state index in [9.17, 15) is 13.2 Å². The second-order valence-electron chi connectivity index (χ2n) is 9.50. The number of nitrogens with one attached hydrogen (secondary N) is 1. The number of ether oxygens (including phenoxy) is 1. The number of hydrogen-bond acceptors (Lipinski definition) is 5. The monoisotopic (exact) mass is 554 g/mol. The van der Waals surface area contributed by atoms with Gasteiger partial charge >= 0.3 is 6.18 Å². The zero-order valence-electron chi connectivity index (χ0n) is 22.0. The molecule has 9 heteroatoms. The summed E-state index contributed by atoms with van der Waals surface area (Å²) >= 11 is 6.03. The van der Waals surface area contributed by atoms with Crippen LogP contribution in [0.3, 0.4) is 0 Å². The van der Waals surface area contributed by atoms with Crippen molar-refractivity contribution >= 4 is 17.5 Å². The molecule has 1 aromatic heterocycles. The average molecular weight is 555 g/mol. The number of aromatic nitrogens is 2. The van der Waals surface area contributed by atoms with Crippen molar-refractivity contribution in [2.45, 2.75) is 25.9 Å². The fraction of sp³-hybridized carbons (Fsp3) is 0.267. The first-order valence-electron chi connectivity index (χ1n) is 12.6. The third-order valence-corrected chi connectivity index (χ3v) is 6.37. The first-order chi connectivity index (χ1) is 18.6. The molecule has 0 radical (unpaired) electrons. The summed E-state index contributed by atoms with van der Waals surface area (Å²) in [5.74, 6) is 1.38. The lowest BCUT2D eigenvalue weighted by Crippen LogP contribution is -2.14. The summed E-state index contributed by atoms with van der Waals surface area (Å²) in [5.41, 5.74) is 1.67. The minimum Gasteiger partial charge on any atom is -0.439 e. The van der Waals surface area contributed by atoms with Gasteiger partial charge in [0.25, 0.3) is 0 Å². The number of anilines is 1. The third kappa shape index (κ3) is 7.71. The number of nitrogens with zero attached hydrogens (tertiary/aromatic N) is 3. The van der Waals surface area contributed by atoms with Gasteiger partial charge in [-0.2, -0.15) is 18.2 Å². The van der Waals surface area contributed by atoms with Crippen LogP contribution in [0.15, 0.2) is 72.9 Å². The van der Waals surface area contributed by atoms with E-state index in [0.717, 1.165) is 31.5 Å². The molecule has 204 valence electrons. The topological polar surface area (TPSA) is 50.3 Å². The van der Waals surface area contributed by atoms with Gasteiger partial charge in [0.05, 0.1) is 5.56 Å². The van der Waals surface area contributed by atoms with Gasteiger partial charge in [-0.05, 0) is 98.6 Å². The Balaban J connectivity index is 1.51. The number of aryl methyl sites for hydroxylation is 1. The number of hydrogen-bond donors (Lipinski definition) is 1. The summed E-state index contributed by atoms with van der Waals surface area (Å²) in [4.78, 5) is 10.8. The van der Waals surface area contributed by atoms with Crippen LogP contribution in [0, 0.1) is 6.92 Å². The largest absolute Gasteiger partial charge is 0.439 e. The van der Waals surface area contributed by atoms with Gasteiger partial charge in [0, 0.05) is 23.8 Å². The molecular formula is C30H30ClF3N4O. The third-order valence-electron chi connectivity index (χ3n) is 6.14. The molecule has 0 bridgehead atoms. The summed E-state index contributed by atoms with van der Waals surface area (Å²) in [6.07, 6.45) is -0.861. The fourth-order valence-electron chi connectivity index (χ4n) is 4.24. The van der Waals surface area contributed by atoms with Gasteiger partial charge in [-0.1, -0.05) is 41.9 Å². The fourth-order valence-corrected chi connectivity index (χ4v) is 4.43. The van der Waals surface area contributed by atoms with Crippen LogP contribution in [-0.4, -0.2) is 42.1 Å². The molecule has 39 heavy (non-hydrogen) atoms. The first-order valence-corrected chi connectivity index (χ1v) is 13.0. The Labute approximate surface area is 231 Å². The maximum atomic E-state index is 14.0. The highest BCUT2D eigenvalue weighted by Gasteiger charge is 2.34. The SMILES string of the molecule is Cc1cc(Oc2ccnc(NCCCCN(C)C)n2)ccc1-c1ccc(-c2cccc(Cl)c2)c(C(F)(F)F)c1. The molecule has 4 rings (SSSR count). The van der Waals surface area contributed by atoms with Crippen LogP contribution < -0.4 is 10.1 Å². The van der Waals surface area contributed by atoms with E-state index < -0.39 is 11.7 Å². The van der Waals surface area contributed by atoms with Crippen molar-refractivity contribution in [2.75, 3.05) is 32.5 Å². The van der Waals surface area contributed by atoms with Gasteiger partial charge in [-0.3, -0.25) is 0 Å². The van der Waals surface area contributed by atoms with E-state index >= 15 is 0 Å². The van der Waals surface area contributed by atoms with Gasteiger partial charge in [0.1, 0.15) is 5.75 Å². The predicted octanol–water partition coefficient (Wildman–Crippen LogP) is 8.34. The molecule has 1 heterocycles. The molecular weight excluding hydrogens is 525 g/mol. The smallest absolute Gasteiger partial charge is 0.417 e. The molecule has 0 aliphatic heterocycles. The Morgan fingerprint density at radius 3 is 2.41 bits per heavy atom. The Hall–Kier alpha value is -3.62. The standard InChI is InChI=1S/C30H30ClF3N4O/c1-20-17-24(39-28-13-15-36-29(37-28)35-14-4-5-16-38(2)3)10-12-25(20)22-9-11-26(27(19-22)30(32,33)34)21-7-6-8-23(31)18-21/h6-13,15,17-19H,4-5,14,16H2,1-3H3,(H,35,36,37). The van der Waals surface area contributed by atoms with Gasteiger partial charge in [0.2, 0.25) is 11.8 Å². The van der Waals surface area contributed by atoms with Crippen LogP contribution in [0.2, 0.25) is 5.02 Å². The van der Waals surface area contributed by atoms with Gasteiger partial charge in [-0.25, -0.2) is 4.98 Å². The van der Waals surface area contributed by atoms with Crippen molar-refractivity contribution in [3.05, 3.63) is 89.1 Å². The van der Waals surface area contributed by atoms with Crippen LogP contribution in [-0.2, 0) is 6.18 Å². The molecule has 0 spiro atoms. The Bertz CT molecular complexity index is 1430. The van der Waals surface area contributed by atoms with Crippen molar-refractivity contribution in [3.8, 4) is 33.9 Å². The van der Waals surface area contributed by atoms with Gasteiger partial charge in [0.15, 0.2) is 0 Å². The zero-order chi connectivity index (χ0) is 28.0. The van der Waals surface area contributed by atoms with Crippen molar-refractivity contribution in [1.29, 1.82) is 0 Å². The van der Waals surface area contributed by atoms with E-state index in [4.69, 9.17) is 16.3 Å². The van der Waals surface area contributed by atoms with Crippen molar-refractivity contribution < 1.29 is 17.9 Å². The second kappa shape index (κ2) is 12.5. The predicted molar refractivity (Wildman–Crippen MR) is 150 cm³/mol. The number of rotatable bonds is 10. The lowest BCUT2D eigenvalue weighted by Gasteiger charge is -2.16. The van der Waals surface area contributed by atoms with E-state index in [1.807, 2.05) is 21.0 Å². The van der Waals surface area contributed by atoms with E-state index in [0.29, 0.717) is 39.3 Å². The minimum atomic E-state index is -4.53. The van der Waals surface area contributed by atoms with E-state index in [1.165, 1.54) is 18.2 Å². The molecule has 0 saturated heterocycles. The highest BCUT2D eigenvalue weighted by Crippen LogP contribution is 2.41. The van der Waals surface area contributed by atoms with Crippen LogP contribution >= 0.6 is 11.6 Å². The Morgan fingerprint density at radius 1 is 0.923 bits per heavy atom. The normalized spacial score (nSPS) is 11.6. The summed E-state index contributed by atoms with van der Waals surface area (Å²) in [6.45, 7) is 3.60. The van der Waals surface area contributed by atoms with Crippen molar-refractivity contribution in [2.24, 2.45) is 0 Å². The average Bonchev–Trinajstić information content (AvgIpc) is 2.88. The quantitative estimate of drug-likeness (QED) is 0.200. The van der Waals surface area contributed by atoms with Crippen LogP contribution in [0.25, 0.3) is 22.3 Å². The minimum absolute atomic E-state index is 0.0808. The summed E-state index contributed by atoms with van der Waals surface area (Å²) in [5, 5.41) is 3.58. The van der Waals surface area contributed by atoms with Crippen LogP contribution in [0.5, 0.6) is 11.6 Å². The number of alkyl halides is 3. The summed E-state index contributed by atoms with van der Waals surface area (Å²) in [6, 6.07) is 17.7. The molecule has 4 aromatic rings. The molecule has 1 N–H and O–H groups in total. The maximum Gasteiger partial charge on any atom is 0.417 e. The Kier molecular flexibility index (Phi) is 9.09. The maximum absolute atomic E-state index is 14.0. The van der Waals surface area contributed by atoms with Crippen molar-refractivity contribution in [3.63, 3.8) is 0 Å². The number of halogens is 4. The molecule has 0 atom stereocenters. The lowest BCUT2D eigenvalue weighted by molar-refractivity contribution is -0.137. The molecule has 0 aliphatic carbocycles. The van der Waals surface area contributed by atoms with Crippen molar-refractivity contribution in [1.82, 2.24) is 14.9 Å². The first kappa shape index (κ1) is 28.4. The van der Waals surface area contributed by atoms with E-state index in [-0.39, 0.29) is 5.56 Å². The number of unbranched alkanes of at least 4 members (excludes halogenated alkanes) is 1. The summed E-state index contributed by atoms with van der Waals surface area (Å²) < 4.78 is 48.1. The zero-order valence-corrected chi connectivity index (χ0v) is 22.8. The molecule has 0 fully saturated rings. The van der Waals surface area contributed by atoms with Gasteiger partial charge < -0.3 is 15.0 Å².